The first-order chi connectivity index (χ1) is 12.6. The number of carbonyl (C=O) groups excluding carboxylic acids is 1. The van der Waals surface area contributed by atoms with Gasteiger partial charge in [0.25, 0.3) is 0 Å². The first-order valence-electron chi connectivity index (χ1n) is 9.18. The lowest BCUT2D eigenvalue weighted by atomic mass is 9.86. The highest BCUT2D eigenvalue weighted by Crippen LogP contribution is 2.39. The Bertz CT molecular complexity index is 699. The monoisotopic (exact) mass is 390 g/mol. The van der Waals surface area contributed by atoms with Gasteiger partial charge in [0.15, 0.2) is 8.32 Å². The molecular weight excluding hydrogens is 360 g/mol. The average Bonchev–Trinajstić information content (AvgIpc) is 2.60. The predicted molar refractivity (Wildman–Crippen MR) is 108 cm³/mol. The molecule has 7 nitrogen and oxygen atoms in total. The molecule has 0 aliphatic carbocycles. The zero-order chi connectivity index (χ0) is 20.2. The third kappa shape index (κ3) is 4.71. The van der Waals surface area contributed by atoms with E-state index in [1.54, 1.807) is 0 Å². The fourth-order valence-electron chi connectivity index (χ4n) is 3.02. The molecule has 1 saturated heterocycles. The Morgan fingerprint density at radius 1 is 1.30 bits per heavy atom. The van der Waals surface area contributed by atoms with E-state index in [9.17, 15) is 4.79 Å². The van der Waals surface area contributed by atoms with Crippen molar-refractivity contribution >= 4 is 14.3 Å². The summed E-state index contributed by atoms with van der Waals surface area (Å²) in [5.74, 6) is -0.382. The molecule has 8 heteroatoms. The van der Waals surface area contributed by atoms with Crippen LogP contribution in [-0.2, 0) is 20.5 Å². The Morgan fingerprint density at radius 2 is 1.93 bits per heavy atom. The van der Waals surface area contributed by atoms with Crippen molar-refractivity contribution in [3.63, 3.8) is 0 Å². The number of nitrogens with zero attached hydrogens (tertiary/aromatic N) is 4. The number of rotatable bonds is 7. The summed E-state index contributed by atoms with van der Waals surface area (Å²) in [4.78, 5) is 17.3. The first kappa shape index (κ1) is 21.4. The van der Waals surface area contributed by atoms with Crippen LogP contribution in [0.2, 0.25) is 18.1 Å². The molecule has 0 aromatic heterocycles. The lowest BCUT2D eigenvalue weighted by Gasteiger charge is -2.52. The molecule has 1 aliphatic rings. The van der Waals surface area contributed by atoms with Crippen molar-refractivity contribution in [2.75, 3.05) is 13.7 Å². The molecule has 1 aliphatic heterocycles. The van der Waals surface area contributed by atoms with E-state index < -0.39 is 20.4 Å². The molecule has 2 rings (SSSR count). The standard InChI is InChI=1S/C19H30N4O3Si/c1-19(2,3)27(5,6)26-13-15-16(21-22-20)17(18(24)25-4)23(15)12-14-10-8-7-9-11-14/h7-11,15-17H,12-13H2,1-6H3. The molecule has 3 unspecified atom stereocenters. The summed E-state index contributed by atoms with van der Waals surface area (Å²) in [5.41, 5.74) is 10.1. The Morgan fingerprint density at radius 3 is 2.44 bits per heavy atom. The van der Waals surface area contributed by atoms with E-state index in [1.165, 1.54) is 7.11 Å². The molecule has 1 aromatic carbocycles. The van der Waals surface area contributed by atoms with Crippen molar-refractivity contribution in [3.8, 4) is 0 Å². The van der Waals surface area contributed by atoms with E-state index in [0.29, 0.717) is 13.2 Å². The van der Waals surface area contributed by atoms with Crippen LogP contribution in [0.25, 0.3) is 10.4 Å². The third-order valence-electron chi connectivity index (χ3n) is 5.76. The molecule has 3 atom stereocenters. The maximum Gasteiger partial charge on any atom is 0.323 e. The van der Waals surface area contributed by atoms with Crippen molar-refractivity contribution in [1.29, 1.82) is 0 Å². The van der Waals surface area contributed by atoms with Crippen LogP contribution in [0.5, 0.6) is 0 Å². The molecule has 0 N–H and O–H groups in total. The van der Waals surface area contributed by atoms with Crippen molar-refractivity contribution in [2.24, 2.45) is 5.11 Å². The fourth-order valence-corrected chi connectivity index (χ4v) is 4.04. The van der Waals surface area contributed by atoms with E-state index in [4.69, 9.17) is 14.7 Å². The Labute approximate surface area is 162 Å². The summed E-state index contributed by atoms with van der Waals surface area (Å²) in [5, 5.41) is 3.97. The van der Waals surface area contributed by atoms with E-state index in [2.05, 4.69) is 43.9 Å². The lowest BCUT2D eigenvalue weighted by Crippen LogP contribution is -2.71. The van der Waals surface area contributed by atoms with Gasteiger partial charge in [0, 0.05) is 17.5 Å². The number of likely N-dealkylation sites (tertiary alicyclic amines) is 1. The maximum absolute atomic E-state index is 12.3. The second-order valence-electron chi connectivity index (χ2n) is 8.46. The average molecular weight is 391 g/mol. The van der Waals surface area contributed by atoms with E-state index >= 15 is 0 Å². The minimum atomic E-state index is -1.96. The number of azide groups is 1. The van der Waals surface area contributed by atoms with Crippen molar-refractivity contribution < 1.29 is 14.0 Å². The quantitative estimate of drug-likeness (QED) is 0.230. The molecule has 0 amide bonds. The zero-order valence-corrected chi connectivity index (χ0v) is 18.0. The first-order valence-corrected chi connectivity index (χ1v) is 12.1. The Hall–Kier alpha value is -1.86. The molecule has 1 aromatic rings. The molecule has 0 spiro atoms. The van der Waals surface area contributed by atoms with Crippen LogP contribution in [0.4, 0.5) is 0 Å². The van der Waals surface area contributed by atoms with Crippen LogP contribution in [-0.4, -0.2) is 51.0 Å². The molecule has 0 saturated carbocycles. The summed E-state index contributed by atoms with van der Waals surface area (Å²) in [6.45, 7) is 11.9. The molecule has 0 radical (unpaired) electrons. The highest BCUT2D eigenvalue weighted by atomic mass is 28.4. The van der Waals surface area contributed by atoms with Crippen LogP contribution in [0.3, 0.4) is 0 Å². The minimum absolute atomic E-state index is 0.0801. The number of carbonyl (C=O) groups is 1. The number of methoxy groups -OCH3 is 1. The van der Waals surface area contributed by atoms with Crippen LogP contribution in [0, 0.1) is 0 Å². The molecular formula is C19H30N4O3Si. The number of hydrogen-bond acceptors (Lipinski definition) is 5. The smallest absolute Gasteiger partial charge is 0.323 e. The largest absolute Gasteiger partial charge is 0.468 e. The van der Waals surface area contributed by atoms with Crippen molar-refractivity contribution in [1.82, 2.24) is 4.90 Å². The summed E-state index contributed by atoms with van der Waals surface area (Å²) in [7, 11) is -0.603. The fraction of sp³-hybridized carbons (Fsp3) is 0.632. The summed E-state index contributed by atoms with van der Waals surface area (Å²) in [6, 6.07) is 8.69. The Kier molecular flexibility index (Phi) is 6.70. The van der Waals surface area contributed by atoms with E-state index in [0.717, 1.165) is 5.56 Å². The van der Waals surface area contributed by atoms with Crippen LogP contribution in [0.15, 0.2) is 35.4 Å². The molecule has 148 valence electrons. The summed E-state index contributed by atoms with van der Waals surface area (Å²) < 4.78 is 11.3. The minimum Gasteiger partial charge on any atom is -0.468 e. The van der Waals surface area contributed by atoms with Gasteiger partial charge >= 0.3 is 5.97 Å². The third-order valence-corrected chi connectivity index (χ3v) is 10.3. The second-order valence-corrected chi connectivity index (χ2v) is 13.3. The van der Waals surface area contributed by atoms with Gasteiger partial charge in [-0.1, -0.05) is 56.2 Å². The van der Waals surface area contributed by atoms with Crippen LogP contribution < -0.4 is 0 Å². The molecule has 1 heterocycles. The topological polar surface area (TPSA) is 87.5 Å². The number of hydrogen-bond donors (Lipinski definition) is 0. The van der Waals surface area contributed by atoms with Crippen LogP contribution >= 0.6 is 0 Å². The van der Waals surface area contributed by atoms with Crippen LogP contribution in [0.1, 0.15) is 26.3 Å². The molecule has 1 fully saturated rings. The van der Waals surface area contributed by atoms with Gasteiger partial charge in [0.1, 0.15) is 6.04 Å². The van der Waals surface area contributed by atoms with E-state index in [-0.39, 0.29) is 17.0 Å². The van der Waals surface area contributed by atoms with Gasteiger partial charge in [-0.25, -0.2) is 0 Å². The normalized spacial score (nSPS) is 23.3. The van der Waals surface area contributed by atoms with Gasteiger partial charge < -0.3 is 9.16 Å². The van der Waals surface area contributed by atoms with E-state index in [1.807, 2.05) is 35.2 Å². The molecule has 27 heavy (non-hydrogen) atoms. The molecule has 0 bridgehead atoms. The number of benzene rings is 1. The zero-order valence-electron chi connectivity index (χ0n) is 17.0. The van der Waals surface area contributed by atoms with Crippen molar-refractivity contribution in [2.45, 2.75) is 63.6 Å². The van der Waals surface area contributed by atoms with Gasteiger partial charge in [-0.3, -0.25) is 9.69 Å². The predicted octanol–water partition coefficient (Wildman–Crippen LogP) is 4.11. The lowest BCUT2D eigenvalue weighted by molar-refractivity contribution is -0.160. The summed E-state index contributed by atoms with van der Waals surface area (Å²) in [6.07, 6.45) is 0. The van der Waals surface area contributed by atoms with Gasteiger partial charge in [-0.15, -0.1) is 0 Å². The highest BCUT2D eigenvalue weighted by Gasteiger charge is 2.53. The van der Waals surface area contributed by atoms with Gasteiger partial charge in [-0.2, -0.15) is 0 Å². The SMILES string of the molecule is COC(=O)C1C(N=[N+]=[N-])C(CO[Si](C)(C)C(C)(C)C)N1Cc1ccccc1. The van der Waals surface area contributed by atoms with Crippen molar-refractivity contribution in [3.05, 3.63) is 46.3 Å². The number of esters is 1. The highest BCUT2D eigenvalue weighted by molar-refractivity contribution is 6.74. The van der Waals surface area contributed by atoms with Gasteiger partial charge in [0.2, 0.25) is 0 Å². The second kappa shape index (κ2) is 8.44. The van der Waals surface area contributed by atoms with Gasteiger partial charge in [0.05, 0.1) is 19.8 Å². The number of ether oxygens (including phenoxy) is 1. The maximum atomic E-state index is 12.3. The Balaban J connectivity index is 2.23. The van der Waals surface area contributed by atoms with Gasteiger partial charge in [-0.05, 0) is 29.2 Å². The summed E-state index contributed by atoms with van der Waals surface area (Å²) >= 11 is 0.